The first-order valence-corrected chi connectivity index (χ1v) is 4.75. The lowest BCUT2D eigenvalue weighted by Crippen LogP contribution is -2.12. The monoisotopic (exact) mass is 226 g/mol. The lowest BCUT2D eigenvalue weighted by atomic mass is 10.0. The van der Waals surface area contributed by atoms with E-state index in [0.29, 0.717) is 6.42 Å². The summed E-state index contributed by atoms with van der Waals surface area (Å²) in [5.74, 6) is 0. The number of nitrogens with two attached hydrogens (primary N) is 1. The van der Waals surface area contributed by atoms with Crippen LogP contribution in [0.2, 0.25) is 0 Å². The summed E-state index contributed by atoms with van der Waals surface area (Å²) in [6.07, 6.45) is 2.50. The molecule has 0 radical (unpaired) electrons. The largest absolute Gasteiger partial charge is 0.396 e. The molecule has 1 aromatic carbocycles. The topological polar surface area (TPSA) is 62.0 Å². The van der Waals surface area contributed by atoms with Gasteiger partial charge in [0.15, 0.2) is 0 Å². The number of aromatic nitrogens is 1. The van der Waals surface area contributed by atoms with Gasteiger partial charge >= 0.3 is 0 Å². The van der Waals surface area contributed by atoms with Crippen LogP contribution in [-0.4, -0.2) is 16.7 Å². The van der Waals surface area contributed by atoms with Crippen molar-refractivity contribution in [2.24, 2.45) is 5.73 Å². The third-order valence-corrected chi connectivity index (χ3v) is 2.46. The zero-order valence-electron chi connectivity index (χ0n) is 8.31. The van der Waals surface area contributed by atoms with Crippen LogP contribution in [0, 0.1) is 0 Å². The number of benzene rings is 1. The van der Waals surface area contributed by atoms with Crippen molar-refractivity contribution in [3.63, 3.8) is 0 Å². The minimum atomic E-state index is -0.0950. The Morgan fingerprint density at radius 1 is 1.33 bits per heavy atom. The number of nitrogens with one attached hydrogen (secondary N) is 1. The molecule has 0 fully saturated rings. The van der Waals surface area contributed by atoms with Gasteiger partial charge in [0.1, 0.15) is 0 Å². The molecule has 4 heteroatoms. The Labute approximate surface area is 94.7 Å². The molecule has 1 aromatic heterocycles. The van der Waals surface area contributed by atoms with Crippen molar-refractivity contribution in [2.45, 2.75) is 12.5 Å². The van der Waals surface area contributed by atoms with Crippen molar-refractivity contribution in [1.82, 2.24) is 4.98 Å². The number of para-hydroxylation sites is 1. The highest BCUT2D eigenvalue weighted by Crippen LogP contribution is 2.23. The number of halogens is 1. The molecule has 3 nitrogen and oxygen atoms in total. The van der Waals surface area contributed by atoms with Crippen molar-refractivity contribution in [3.05, 3.63) is 36.0 Å². The highest BCUT2D eigenvalue weighted by Gasteiger charge is 2.09. The van der Waals surface area contributed by atoms with Crippen LogP contribution in [0.25, 0.3) is 10.9 Å². The summed E-state index contributed by atoms with van der Waals surface area (Å²) < 4.78 is 0. The first-order valence-electron chi connectivity index (χ1n) is 4.75. The maximum absolute atomic E-state index is 8.83. The number of hydrogen-bond donors (Lipinski definition) is 3. The lowest BCUT2D eigenvalue weighted by Gasteiger charge is -2.11. The third-order valence-electron chi connectivity index (χ3n) is 2.46. The molecule has 0 aliphatic rings. The number of aliphatic hydroxyl groups is 1. The van der Waals surface area contributed by atoms with Gasteiger partial charge in [-0.1, -0.05) is 18.2 Å². The van der Waals surface area contributed by atoms with E-state index in [1.54, 1.807) is 0 Å². The highest BCUT2D eigenvalue weighted by atomic mass is 35.5. The van der Waals surface area contributed by atoms with Gasteiger partial charge in [-0.2, -0.15) is 0 Å². The molecule has 1 atom stereocenters. The number of aliphatic hydroxyl groups excluding tert-OH is 1. The molecular formula is C11H15ClN2O. The van der Waals surface area contributed by atoms with E-state index in [0.717, 1.165) is 16.5 Å². The molecule has 4 N–H and O–H groups in total. The Morgan fingerprint density at radius 2 is 2.13 bits per heavy atom. The number of hydrogen-bond acceptors (Lipinski definition) is 2. The van der Waals surface area contributed by atoms with Crippen LogP contribution in [0.4, 0.5) is 0 Å². The van der Waals surface area contributed by atoms with Crippen LogP contribution in [0.15, 0.2) is 30.5 Å². The van der Waals surface area contributed by atoms with E-state index >= 15 is 0 Å². The quantitative estimate of drug-likeness (QED) is 0.750. The number of fused-ring (bicyclic) bond motifs is 1. The molecule has 2 aromatic rings. The fourth-order valence-corrected chi connectivity index (χ4v) is 1.71. The van der Waals surface area contributed by atoms with Crippen LogP contribution in [-0.2, 0) is 0 Å². The molecule has 0 aliphatic carbocycles. The maximum Gasteiger partial charge on any atom is 0.0502 e. The second-order valence-electron chi connectivity index (χ2n) is 3.41. The van der Waals surface area contributed by atoms with Crippen molar-refractivity contribution < 1.29 is 5.11 Å². The Morgan fingerprint density at radius 3 is 2.87 bits per heavy atom. The van der Waals surface area contributed by atoms with Crippen molar-refractivity contribution in [1.29, 1.82) is 0 Å². The molecule has 82 valence electrons. The average Bonchev–Trinajstić information content (AvgIpc) is 2.65. The molecule has 0 saturated carbocycles. The summed E-state index contributed by atoms with van der Waals surface area (Å²) in [6, 6.07) is 7.95. The molecule has 2 rings (SSSR count). The molecule has 15 heavy (non-hydrogen) atoms. The van der Waals surface area contributed by atoms with Gasteiger partial charge in [-0.3, -0.25) is 0 Å². The van der Waals surface area contributed by atoms with E-state index in [4.69, 9.17) is 10.8 Å². The van der Waals surface area contributed by atoms with Gasteiger partial charge in [-0.15, -0.1) is 12.4 Å². The predicted octanol–water partition coefficient (Wildman–Crippen LogP) is 1.97. The number of H-pyrrole nitrogens is 1. The van der Waals surface area contributed by atoms with E-state index in [-0.39, 0.29) is 25.1 Å². The van der Waals surface area contributed by atoms with Crippen molar-refractivity contribution in [3.8, 4) is 0 Å². The summed E-state index contributed by atoms with van der Waals surface area (Å²) in [5.41, 5.74) is 8.10. The van der Waals surface area contributed by atoms with Crippen LogP contribution in [0.1, 0.15) is 18.0 Å². The van der Waals surface area contributed by atoms with E-state index < -0.39 is 0 Å². The third kappa shape index (κ3) is 2.31. The van der Waals surface area contributed by atoms with Gasteiger partial charge in [0, 0.05) is 18.8 Å². The van der Waals surface area contributed by atoms with Crippen LogP contribution < -0.4 is 5.73 Å². The molecule has 1 unspecified atom stereocenters. The maximum atomic E-state index is 8.83. The summed E-state index contributed by atoms with van der Waals surface area (Å²) in [5, 5.41) is 9.99. The van der Waals surface area contributed by atoms with Gasteiger partial charge in [0.25, 0.3) is 0 Å². The molecule has 0 bridgehead atoms. The Bertz CT molecular complexity index is 427. The van der Waals surface area contributed by atoms with E-state index in [1.807, 2.05) is 30.5 Å². The smallest absolute Gasteiger partial charge is 0.0502 e. The SMILES string of the molecule is Cl.NC(CCO)c1cccc2cc[nH]c12. The summed E-state index contributed by atoms with van der Waals surface area (Å²) in [4.78, 5) is 3.17. The average molecular weight is 227 g/mol. The molecule has 0 aliphatic heterocycles. The summed E-state index contributed by atoms with van der Waals surface area (Å²) in [7, 11) is 0. The summed E-state index contributed by atoms with van der Waals surface area (Å²) >= 11 is 0. The van der Waals surface area contributed by atoms with Gasteiger partial charge in [-0.25, -0.2) is 0 Å². The van der Waals surface area contributed by atoms with E-state index in [1.165, 1.54) is 0 Å². The molecule has 0 amide bonds. The van der Waals surface area contributed by atoms with Crippen LogP contribution >= 0.6 is 12.4 Å². The van der Waals surface area contributed by atoms with Gasteiger partial charge in [0.05, 0.1) is 5.52 Å². The minimum Gasteiger partial charge on any atom is -0.396 e. The Hall–Kier alpha value is -1.03. The number of rotatable bonds is 3. The van der Waals surface area contributed by atoms with Crippen molar-refractivity contribution >= 4 is 23.3 Å². The van der Waals surface area contributed by atoms with Crippen LogP contribution in [0.3, 0.4) is 0 Å². The zero-order chi connectivity index (χ0) is 9.97. The minimum absolute atomic E-state index is 0. The first kappa shape index (κ1) is 12.0. The normalized spacial score (nSPS) is 12.4. The summed E-state index contributed by atoms with van der Waals surface area (Å²) in [6.45, 7) is 0.123. The van der Waals surface area contributed by atoms with Gasteiger partial charge in [-0.05, 0) is 23.4 Å². The first-order chi connectivity index (χ1) is 6.83. The van der Waals surface area contributed by atoms with E-state index in [2.05, 4.69) is 4.98 Å². The van der Waals surface area contributed by atoms with Gasteiger partial charge in [0.2, 0.25) is 0 Å². The predicted molar refractivity (Wildman–Crippen MR) is 64.2 cm³/mol. The highest BCUT2D eigenvalue weighted by molar-refractivity contribution is 5.85. The second kappa shape index (κ2) is 5.16. The Balaban J connectivity index is 0.00000112. The zero-order valence-corrected chi connectivity index (χ0v) is 9.13. The van der Waals surface area contributed by atoms with E-state index in [9.17, 15) is 0 Å². The van der Waals surface area contributed by atoms with Crippen LogP contribution in [0.5, 0.6) is 0 Å². The molecule has 1 heterocycles. The Kier molecular flexibility index (Phi) is 4.15. The molecule has 0 saturated heterocycles. The standard InChI is InChI=1S/C11H14N2O.ClH/c12-10(5-7-14)9-3-1-2-8-4-6-13-11(8)9;/h1-4,6,10,13-14H,5,7,12H2;1H. The van der Waals surface area contributed by atoms with Gasteiger partial charge < -0.3 is 15.8 Å². The fraction of sp³-hybridized carbons (Fsp3) is 0.273. The number of aromatic amines is 1. The molecule has 0 spiro atoms. The lowest BCUT2D eigenvalue weighted by molar-refractivity contribution is 0.277. The fourth-order valence-electron chi connectivity index (χ4n) is 1.71. The van der Waals surface area contributed by atoms with Crippen molar-refractivity contribution in [2.75, 3.05) is 6.61 Å². The second-order valence-corrected chi connectivity index (χ2v) is 3.41. The molecular weight excluding hydrogens is 212 g/mol.